The average molecular weight is 266 g/mol. The fourth-order valence-corrected chi connectivity index (χ4v) is 0.623. The lowest BCUT2D eigenvalue weighted by atomic mass is 10.7. The molecule has 17 heavy (non-hydrogen) atoms. The highest BCUT2D eigenvalue weighted by molar-refractivity contribution is 7.79. The Morgan fingerprint density at radius 2 is 1.53 bits per heavy atom. The van der Waals surface area contributed by atoms with Crippen LogP contribution < -0.4 is 16.8 Å². The third kappa shape index (κ3) is 10.2. The number of hydrogen-bond acceptors (Lipinski definition) is 8. The van der Waals surface area contributed by atoms with E-state index in [1.54, 1.807) is 0 Å². The van der Waals surface area contributed by atoms with Gasteiger partial charge in [0.15, 0.2) is 0 Å². The Morgan fingerprint density at radius 1 is 1.18 bits per heavy atom. The molecule has 0 fully saturated rings. The van der Waals surface area contributed by atoms with E-state index in [-0.39, 0.29) is 23.8 Å². The second-order valence-corrected chi connectivity index (χ2v) is 3.40. The maximum atomic E-state index is 10.5. The van der Waals surface area contributed by atoms with Gasteiger partial charge in [-0.15, -0.1) is 0 Å². The molecular weight excluding hydrogens is 256 g/mol. The summed E-state index contributed by atoms with van der Waals surface area (Å²) in [6, 6.07) is 0. The predicted octanol–water partition coefficient (Wildman–Crippen LogP) is -1.66. The number of rotatable bonds is 1. The number of nitrogens with zero attached hydrogens (tertiary/aromatic N) is 3. The van der Waals surface area contributed by atoms with E-state index in [9.17, 15) is 4.79 Å². The Bertz CT molecular complexity index is 473. The van der Waals surface area contributed by atoms with E-state index in [4.69, 9.17) is 29.0 Å². The first-order valence-corrected chi connectivity index (χ1v) is 5.22. The van der Waals surface area contributed by atoms with Gasteiger partial charge in [-0.25, -0.2) is 0 Å². The average Bonchev–Trinajstić information content (AvgIpc) is 1.95. The van der Waals surface area contributed by atoms with Gasteiger partial charge < -0.3 is 11.5 Å². The SMILES string of the molecule is CC(=O)Nc1nc(N)nc(N)n1.O=S(=O)(O)O. The van der Waals surface area contributed by atoms with Crippen LogP contribution in [0.1, 0.15) is 6.92 Å². The molecule has 7 N–H and O–H groups in total. The number of nitrogen functional groups attached to an aromatic ring is 2. The summed E-state index contributed by atoms with van der Waals surface area (Å²) in [5.41, 5.74) is 10.5. The van der Waals surface area contributed by atoms with Crippen molar-refractivity contribution < 1.29 is 22.3 Å². The summed E-state index contributed by atoms with van der Waals surface area (Å²) >= 11 is 0. The highest BCUT2D eigenvalue weighted by atomic mass is 32.3. The van der Waals surface area contributed by atoms with Crippen molar-refractivity contribution in [3.8, 4) is 0 Å². The van der Waals surface area contributed by atoms with Crippen LogP contribution in [-0.4, -0.2) is 38.4 Å². The van der Waals surface area contributed by atoms with E-state index in [1.165, 1.54) is 6.92 Å². The van der Waals surface area contributed by atoms with Crippen LogP contribution in [0.15, 0.2) is 0 Å². The zero-order chi connectivity index (χ0) is 13.6. The molecule has 1 aromatic heterocycles. The number of nitrogens with one attached hydrogen (secondary N) is 1. The lowest BCUT2D eigenvalue weighted by Gasteiger charge is -2.00. The van der Waals surface area contributed by atoms with Crippen LogP contribution in [0.25, 0.3) is 0 Å². The molecule has 0 atom stereocenters. The van der Waals surface area contributed by atoms with E-state index < -0.39 is 10.4 Å². The smallest absolute Gasteiger partial charge is 0.368 e. The van der Waals surface area contributed by atoms with Crippen molar-refractivity contribution in [1.29, 1.82) is 0 Å². The van der Waals surface area contributed by atoms with Crippen molar-refractivity contribution in [2.24, 2.45) is 0 Å². The molecule has 96 valence electrons. The molecule has 1 heterocycles. The Balaban J connectivity index is 0.000000437. The minimum Gasteiger partial charge on any atom is -0.368 e. The van der Waals surface area contributed by atoms with Crippen LogP contribution in [0.5, 0.6) is 0 Å². The summed E-state index contributed by atoms with van der Waals surface area (Å²) in [4.78, 5) is 21.3. The minimum atomic E-state index is -4.67. The van der Waals surface area contributed by atoms with Crippen LogP contribution in [0.4, 0.5) is 17.8 Å². The van der Waals surface area contributed by atoms with Gasteiger partial charge in [-0.2, -0.15) is 23.4 Å². The minimum absolute atomic E-state index is 0.0220. The van der Waals surface area contributed by atoms with Gasteiger partial charge in [0, 0.05) is 6.92 Å². The fraction of sp³-hybridized carbons (Fsp3) is 0.200. The molecule has 11 nitrogen and oxygen atoms in total. The molecule has 0 unspecified atom stereocenters. The Hall–Kier alpha value is -2.05. The number of nitrogens with two attached hydrogens (primary N) is 2. The van der Waals surface area contributed by atoms with Crippen molar-refractivity contribution in [3.63, 3.8) is 0 Å². The summed E-state index contributed by atoms with van der Waals surface area (Å²) in [6.07, 6.45) is 0. The highest BCUT2D eigenvalue weighted by Gasteiger charge is 2.01. The standard InChI is InChI=1S/C5H8N6O.H2O4S/c1-2(12)8-5-10-3(6)9-4(7)11-5;1-5(2,3)4/h1H3,(H5,6,7,8,9,10,11,12);(H2,1,2,3,4). The maximum Gasteiger partial charge on any atom is 0.394 e. The molecule has 12 heteroatoms. The molecule has 0 saturated heterocycles. The molecule has 0 aliphatic carbocycles. The lowest BCUT2D eigenvalue weighted by molar-refractivity contribution is -0.114. The van der Waals surface area contributed by atoms with E-state index >= 15 is 0 Å². The lowest BCUT2D eigenvalue weighted by Crippen LogP contribution is -2.12. The summed E-state index contributed by atoms with van der Waals surface area (Å²) in [6.45, 7) is 1.33. The van der Waals surface area contributed by atoms with Crippen LogP contribution in [-0.2, 0) is 15.2 Å². The molecule has 0 aliphatic rings. The van der Waals surface area contributed by atoms with Crippen molar-refractivity contribution >= 4 is 34.2 Å². The van der Waals surface area contributed by atoms with Gasteiger partial charge >= 0.3 is 10.4 Å². The van der Waals surface area contributed by atoms with Gasteiger partial charge in [0.25, 0.3) is 0 Å². The summed E-state index contributed by atoms with van der Waals surface area (Å²) in [5.74, 6) is -0.273. The topological polar surface area (TPSA) is 194 Å². The number of anilines is 3. The molecular formula is C5H10N6O5S. The molecule has 0 aromatic carbocycles. The largest absolute Gasteiger partial charge is 0.394 e. The zero-order valence-electron chi connectivity index (χ0n) is 8.52. The molecule has 0 radical (unpaired) electrons. The Morgan fingerprint density at radius 3 is 1.82 bits per heavy atom. The van der Waals surface area contributed by atoms with Crippen molar-refractivity contribution in [3.05, 3.63) is 0 Å². The van der Waals surface area contributed by atoms with Gasteiger partial charge in [-0.1, -0.05) is 0 Å². The fourth-order valence-electron chi connectivity index (χ4n) is 0.623. The monoisotopic (exact) mass is 266 g/mol. The number of hydrogen-bond donors (Lipinski definition) is 5. The van der Waals surface area contributed by atoms with Gasteiger partial charge in [-0.05, 0) is 0 Å². The molecule has 0 bridgehead atoms. The quantitative estimate of drug-likeness (QED) is 0.367. The highest BCUT2D eigenvalue weighted by Crippen LogP contribution is 2.02. The first kappa shape index (κ1) is 14.9. The van der Waals surface area contributed by atoms with Crippen molar-refractivity contribution in [2.45, 2.75) is 6.92 Å². The normalized spacial score (nSPS) is 10.1. The summed E-state index contributed by atoms with van der Waals surface area (Å²) < 4.78 is 31.6. The zero-order valence-corrected chi connectivity index (χ0v) is 9.34. The molecule has 0 spiro atoms. The van der Waals surface area contributed by atoms with E-state index in [2.05, 4.69) is 20.3 Å². The van der Waals surface area contributed by atoms with Gasteiger partial charge in [0.2, 0.25) is 23.8 Å². The van der Waals surface area contributed by atoms with Gasteiger partial charge in [0.1, 0.15) is 0 Å². The Kier molecular flexibility index (Phi) is 5.17. The second-order valence-electron chi connectivity index (χ2n) is 2.50. The second kappa shape index (κ2) is 5.88. The number of carbonyl (C=O) groups is 1. The van der Waals surface area contributed by atoms with E-state index in [0.717, 1.165) is 0 Å². The summed E-state index contributed by atoms with van der Waals surface area (Å²) in [7, 11) is -4.67. The molecule has 1 amide bonds. The first-order valence-electron chi connectivity index (χ1n) is 3.82. The molecule has 0 saturated carbocycles. The third-order valence-electron chi connectivity index (χ3n) is 0.958. The number of aromatic nitrogens is 3. The van der Waals surface area contributed by atoms with Gasteiger partial charge in [-0.3, -0.25) is 19.2 Å². The van der Waals surface area contributed by atoms with Crippen LogP contribution in [0.2, 0.25) is 0 Å². The first-order chi connectivity index (χ1) is 7.58. The Labute approximate surface area is 95.8 Å². The summed E-state index contributed by atoms with van der Waals surface area (Å²) in [5, 5.41) is 2.33. The van der Waals surface area contributed by atoms with Crippen LogP contribution in [0.3, 0.4) is 0 Å². The third-order valence-corrected chi connectivity index (χ3v) is 0.958. The van der Waals surface area contributed by atoms with Crippen LogP contribution in [0, 0.1) is 0 Å². The molecule has 1 rings (SSSR count). The molecule has 1 aromatic rings. The maximum absolute atomic E-state index is 10.5. The number of amides is 1. The van der Waals surface area contributed by atoms with Crippen molar-refractivity contribution in [2.75, 3.05) is 16.8 Å². The van der Waals surface area contributed by atoms with Gasteiger partial charge in [0.05, 0.1) is 0 Å². The predicted molar refractivity (Wildman–Crippen MR) is 57.1 cm³/mol. The van der Waals surface area contributed by atoms with Crippen LogP contribution >= 0.6 is 0 Å². The number of carbonyl (C=O) groups excluding carboxylic acids is 1. The van der Waals surface area contributed by atoms with Crippen molar-refractivity contribution in [1.82, 2.24) is 15.0 Å². The van der Waals surface area contributed by atoms with E-state index in [1.807, 2.05) is 0 Å². The molecule has 0 aliphatic heterocycles. The van der Waals surface area contributed by atoms with E-state index in [0.29, 0.717) is 0 Å².